The summed E-state index contributed by atoms with van der Waals surface area (Å²) >= 11 is 1.46. The topological polar surface area (TPSA) is 59.1 Å². The summed E-state index contributed by atoms with van der Waals surface area (Å²) in [7, 11) is -3.55. The molecule has 1 N–H and O–H groups in total. The summed E-state index contributed by atoms with van der Waals surface area (Å²) in [4.78, 5) is 5.74. The van der Waals surface area contributed by atoms with E-state index in [0.717, 1.165) is 32.3 Å². The number of thiazole rings is 1. The Labute approximate surface area is 163 Å². The molecule has 7 heteroatoms. The first-order chi connectivity index (χ1) is 12.8. The van der Waals surface area contributed by atoms with E-state index in [-0.39, 0.29) is 17.3 Å². The fourth-order valence-corrected chi connectivity index (χ4v) is 4.84. The second kappa shape index (κ2) is 7.88. The van der Waals surface area contributed by atoms with Crippen LogP contribution in [0.15, 0.2) is 47.4 Å². The summed E-state index contributed by atoms with van der Waals surface area (Å²) in [6, 6.07) is 11.4. The average Bonchev–Trinajstić information content (AvgIpc) is 2.98. The van der Waals surface area contributed by atoms with Gasteiger partial charge in [-0.25, -0.2) is 22.5 Å². The summed E-state index contributed by atoms with van der Waals surface area (Å²) in [5.74, 6) is -0.303. The molecule has 0 radical (unpaired) electrons. The Balaban J connectivity index is 1.69. The quantitative estimate of drug-likeness (QED) is 0.663. The predicted octanol–water partition coefficient (Wildman–Crippen LogP) is 4.40. The van der Waals surface area contributed by atoms with Crippen molar-refractivity contribution in [2.75, 3.05) is 6.54 Å². The van der Waals surface area contributed by atoms with Gasteiger partial charge in [-0.15, -0.1) is 11.3 Å². The molecule has 0 saturated carbocycles. The maximum Gasteiger partial charge on any atom is 0.240 e. The Bertz CT molecular complexity index is 1080. The highest BCUT2D eigenvalue weighted by molar-refractivity contribution is 7.89. The standard InChI is InChI=1S/C20H21FN2O2S2/c1-13-7-8-18(11-14(13)2)27(24,25)22-10-9-19-15(3)23-20(26-19)16-5-4-6-17(21)12-16/h4-8,11-12,22H,9-10H2,1-3H3. The third-order valence-electron chi connectivity index (χ3n) is 4.40. The lowest BCUT2D eigenvalue weighted by atomic mass is 10.1. The Morgan fingerprint density at radius 3 is 2.56 bits per heavy atom. The molecule has 1 heterocycles. The molecule has 0 aliphatic heterocycles. The summed E-state index contributed by atoms with van der Waals surface area (Å²) in [5.41, 5.74) is 3.56. The van der Waals surface area contributed by atoms with Crippen LogP contribution in [0.4, 0.5) is 4.39 Å². The van der Waals surface area contributed by atoms with Crippen molar-refractivity contribution in [2.24, 2.45) is 0 Å². The molecule has 0 fully saturated rings. The van der Waals surface area contributed by atoms with Gasteiger partial charge in [-0.1, -0.05) is 18.2 Å². The van der Waals surface area contributed by atoms with Crippen molar-refractivity contribution >= 4 is 21.4 Å². The van der Waals surface area contributed by atoms with Crippen LogP contribution in [-0.4, -0.2) is 19.9 Å². The lowest BCUT2D eigenvalue weighted by Gasteiger charge is -2.08. The van der Waals surface area contributed by atoms with E-state index in [1.165, 1.54) is 23.5 Å². The molecule has 0 atom stereocenters. The molecule has 27 heavy (non-hydrogen) atoms. The smallest absolute Gasteiger partial charge is 0.240 e. The zero-order chi connectivity index (χ0) is 19.6. The van der Waals surface area contributed by atoms with Gasteiger partial charge in [-0.2, -0.15) is 0 Å². The number of aromatic nitrogens is 1. The number of nitrogens with one attached hydrogen (secondary N) is 1. The van der Waals surface area contributed by atoms with Crippen molar-refractivity contribution in [3.05, 3.63) is 70.0 Å². The van der Waals surface area contributed by atoms with Gasteiger partial charge in [-0.05, 0) is 62.6 Å². The van der Waals surface area contributed by atoms with Crippen LogP contribution in [0.25, 0.3) is 10.6 Å². The van der Waals surface area contributed by atoms with Gasteiger partial charge in [0.15, 0.2) is 0 Å². The summed E-state index contributed by atoms with van der Waals surface area (Å²) in [6.45, 7) is 6.00. The zero-order valence-corrected chi connectivity index (χ0v) is 17.0. The van der Waals surface area contributed by atoms with E-state index >= 15 is 0 Å². The number of rotatable bonds is 6. The molecule has 142 valence electrons. The van der Waals surface area contributed by atoms with Crippen molar-refractivity contribution in [3.63, 3.8) is 0 Å². The molecule has 3 aromatic rings. The average molecular weight is 405 g/mol. The van der Waals surface area contributed by atoms with Crippen LogP contribution in [0.1, 0.15) is 21.7 Å². The highest BCUT2D eigenvalue weighted by Gasteiger charge is 2.15. The molecular weight excluding hydrogens is 383 g/mol. The van der Waals surface area contributed by atoms with Gasteiger partial charge in [-0.3, -0.25) is 0 Å². The molecule has 0 bridgehead atoms. The first-order valence-corrected chi connectivity index (χ1v) is 10.9. The molecule has 0 aliphatic rings. The van der Waals surface area contributed by atoms with Gasteiger partial charge < -0.3 is 0 Å². The fraction of sp³-hybridized carbons (Fsp3) is 0.250. The first-order valence-electron chi connectivity index (χ1n) is 8.55. The predicted molar refractivity (Wildman–Crippen MR) is 107 cm³/mol. The minimum Gasteiger partial charge on any atom is -0.241 e. The summed E-state index contributed by atoms with van der Waals surface area (Å²) < 4.78 is 41.0. The number of hydrogen-bond donors (Lipinski definition) is 1. The molecule has 0 amide bonds. The molecule has 0 unspecified atom stereocenters. The monoisotopic (exact) mass is 404 g/mol. The Morgan fingerprint density at radius 2 is 1.85 bits per heavy atom. The van der Waals surface area contributed by atoms with Crippen molar-refractivity contribution in [2.45, 2.75) is 32.1 Å². The second-order valence-corrected chi connectivity index (χ2v) is 9.28. The van der Waals surface area contributed by atoms with Gasteiger partial charge in [0.2, 0.25) is 10.0 Å². The zero-order valence-electron chi connectivity index (χ0n) is 15.4. The molecule has 0 spiro atoms. The Morgan fingerprint density at radius 1 is 1.07 bits per heavy atom. The van der Waals surface area contributed by atoms with Crippen molar-refractivity contribution in [3.8, 4) is 10.6 Å². The highest BCUT2D eigenvalue weighted by atomic mass is 32.2. The van der Waals surface area contributed by atoms with E-state index in [1.54, 1.807) is 18.2 Å². The van der Waals surface area contributed by atoms with Crippen molar-refractivity contribution in [1.82, 2.24) is 9.71 Å². The van der Waals surface area contributed by atoms with E-state index in [1.807, 2.05) is 32.9 Å². The molecule has 0 aliphatic carbocycles. The Hall–Kier alpha value is -2.09. The van der Waals surface area contributed by atoms with Crippen LogP contribution in [0.5, 0.6) is 0 Å². The SMILES string of the molecule is Cc1ccc(S(=O)(=O)NCCc2sc(-c3cccc(F)c3)nc2C)cc1C. The normalized spacial score (nSPS) is 11.7. The van der Waals surface area contributed by atoms with Crippen LogP contribution in [0.2, 0.25) is 0 Å². The molecule has 4 nitrogen and oxygen atoms in total. The number of hydrogen-bond acceptors (Lipinski definition) is 4. The van der Waals surface area contributed by atoms with Gasteiger partial charge in [0.25, 0.3) is 0 Å². The van der Waals surface area contributed by atoms with Crippen LogP contribution < -0.4 is 4.72 Å². The Kier molecular flexibility index (Phi) is 5.74. The van der Waals surface area contributed by atoms with Crippen LogP contribution >= 0.6 is 11.3 Å². The van der Waals surface area contributed by atoms with E-state index in [0.29, 0.717) is 6.42 Å². The maximum absolute atomic E-state index is 13.4. The molecule has 0 saturated heterocycles. The van der Waals surface area contributed by atoms with Crippen LogP contribution in [-0.2, 0) is 16.4 Å². The largest absolute Gasteiger partial charge is 0.241 e. The minimum absolute atomic E-state index is 0.270. The third kappa shape index (κ3) is 4.61. The number of sulfonamides is 1. The summed E-state index contributed by atoms with van der Waals surface area (Å²) in [6.07, 6.45) is 0.531. The van der Waals surface area contributed by atoms with E-state index in [9.17, 15) is 12.8 Å². The van der Waals surface area contributed by atoms with Crippen molar-refractivity contribution in [1.29, 1.82) is 0 Å². The van der Waals surface area contributed by atoms with E-state index < -0.39 is 10.0 Å². The molecule has 3 rings (SSSR count). The van der Waals surface area contributed by atoms with E-state index in [4.69, 9.17) is 0 Å². The second-order valence-electron chi connectivity index (χ2n) is 6.43. The van der Waals surface area contributed by atoms with Gasteiger partial charge in [0, 0.05) is 17.0 Å². The lowest BCUT2D eigenvalue weighted by molar-refractivity contribution is 0.581. The number of halogens is 1. The van der Waals surface area contributed by atoms with Gasteiger partial charge >= 0.3 is 0 Å². The van der Waals surface area contributed by atoms with E-state index in [2.05, 4.69) is 9.71 Å². The maximum atomic E-state index is 13.4. The molecular formula is C20H21FN2O2S2. The third-order valence-corrected chi connectivity index (χ3v) is 7.12. The number of benzene rings is 2. The number of nitrogens with zero attached hydrogens (tertiary/aromatic N) is 1. The van der Waals surface area contributed by atoms with Crippen molar-refractivity contribution < 1.29 is 12.8 Å². The lowest BCUT2D eigenvalue weighted by Crippen LogP contribution is -2.26. The van der Waals surface area contributed by atoms with Gasteiger partial charge in [0.05, 0.1) is 10.6 Å². The van der Waals surface area contributed by atoms with Crippen LogP contribution in [0.3, 0.4) is 0 Å². The van der Waals surface area contributed by atoms with Crippen LogP contribution in [0, 0.1) is 26.6 Å². The fourth-order valence-electron chi connectivity index (χ4n) is 2.67. The number of aryl methyl sites for hydroxylation is 3. The molecule has 1 aromatic heterocycles. The highest BCUT2D eigenvalue weighted by Crippen LogP contribution is 2.28. The van der Waals surface area contributed by atoms with Gasteiger partial charge in [0.1, 0.15) is 10.8 Å². The minimum atomic E-state index is -3.55. The first kappa shape index (κ1) is 19.7. The summed E-state index contributed by atoms with van der Waals surface area (Å²) in [5, 5.41) is 0.735. The molecule has 2 aromatic carbocycles.